The van der Waals surface area contributed by atoms with E-state index in [1.54, 1.807) is 6.08 Å². The van der Waals surface area contributed by atoms with Crippen LogP contribution in [0.4, 0.5) is 0 Å². The second-order valence-corrected chi connectivity index (χ2v) is 7.38. The molecule has 1 atom stereocenters. The minimum absolute atomic E-state index is 0.116. The highest BCUT2D eigenvalue weighted by molar-refractivity contribution is 7.99. The Morgan fingerprint density at radius 3 is 2.62 bits per heavy atom. The van der Waals surface area contributed by atoms with Crippen LogP contribution in [0.15, 0.2) is 60.7 Å². The van der Waals surface area contributed by atoms with Crippen molar-refractivity contribution >= 4 is 23.7 Å². The summed E-state index contributed by atoms with van der Waals surface area (Å²) in [6.07, 6.45) is 4.62. The Kier molecular flexibility index (Phi) is 5.76. The Morgan fingerprint density at radius 2 is 1.83 bits per heavy atom. The molecule has 24 heavy (non-hydrogen) atoms. The van der Waals surface area contributed by atoms with Crippen molar-refractivity contribution < 1.29 is 4.79 Å². The highest BCUT2D eigenvalue weighted by Crippen LogP contribution is 2.35. The fourth-order valence-corrected chi connectivity index (χ4v) is 4.35. The maximum absolute atomic E-state index is 12.5. The van der Waals surface area contributed by atoms with Gasteiger partial charge in [-0.1, -0.05) is 54.6 Å². The van der Waals surface area contributed by atoms with Crippen LogP contribution in [0.25, 0.3) is 6.08 Å². The highest BCUT2D eigenvalue weighted by Gasteiger charge is 2.21. The van der Waals surface area contributed by atoms with Gasteiger partial charge in [-0.05, 0) is 36.1 Å². The van der Waals surface area contributed by atoms with E-state index in [0.29, 0.717) is 5.25 Å². The molecule has 0 radical (unpaired) electrons. The number of carbonyl (C=O) groups excluding carboxylic acids is 1. The van der Waals surface area contributed by atoms with Crippen molar-refractivity contribution in [2.45, 2.75) is 18.6 Å². The Morgan fingerprint density at radius 1 is 1.08 bits per heavy atom. The largest absolute Gasteiger partial charge is 0.338 e. The second-order valence-electron chi connectivity index (χ2n) is 6.07. The van der Waals surface area contributed by atoms with E-state index in [1.807, 2.05) is 53.1 Å². The number of benzene rings is 2. The van der Waals surface area contributed by atoms with Crippen molar-refractivity contribution in [3.05, 3.63) is 77.4 Å². The molecule has 1 fully saturated rings. The molecule has 0 N–H and O–H groups in total. The van der Waals surface area contributed by atoms with Crippen LogP contribution in [0.2, 0.25) is 0 Å². The molecule has 2 aromatic carbocycles. The predicted octanol–water partition coefficient (Wildman–Crippen LogP) is 4.72. The van der Waals surface area contributed by atoms with Crippen LogP contribution in [0.1, 0.15) is 28.4 Å². The fourth-order valence-electron chi connectivity index (χ4n) is 3.02. The fraction of sp³-hybridized carbons (Fsp3) is 0.286. The summed E-state index contributed by atoms with van der Waals surface area (Å²) in [6, 6.07) is 18.6. The van der Waals surface area contributed by atoms with Gasteiger partial charge in [0, 0.05) is 30.2 Å². The van der Waals surface area contributed by atoms with Gasteiger partial charge >= 0.3 is 0 Å². The SMILES string of the molecule is Cc1ccccc1C1CCN(C(=O)/C=C/c2ccccc2)CCS1. The van der Waals surface area contributed by atoms with Crippen molar-refractivity contribution in [1.29, 1.82) is 0 Å². The summed E-state index contributed by atoms with van der Waals surface area (Å²) in [5.74, 6) is 1.11. The normalized spacial score (nSPS) is 18.5. The van der Waals surface area contributed by atoms with E-state index >= 15 is 0 Å². The molecule has 1 heterocycles. The first-order valence-corrected chi connectivity index (χ1v) is 9.48. The summed E-state index contributed by atoms with van der Waals surface area (Å²) in [5.41, 5.74) is 3.82. The van der Waals surface area contributed by atoms with E-state index in [1.165, 1.54) is 11.1 Å². The summed E-state index contributed by atoms with van der Waals surface area (Å²) < 4.78 is 0. The van der Waals surface area contributed by atoms with E-state index in [4.69, 9.17) is 0 Å². The maximum atomic E-state index is 12.5. The van der Waals surface area contributed by atoms with Crippen LogP contribution in [-0.4, -0.2) is 29.6 Å². The molecule has 3 heteroatoms. The molecular weight excluding hydrogens is 314 g/mol. The molecular formula is C21H23NOS. The molecule has 0 spiro atoms. The molecule has 1 unspecified atom stereocenters. The number of thioether (sulfide) groups is 1. The number of hydrogen-bond acceptors (Lipinski definition) is 2. The zero-order valence-corrected chi connectivity index (χ0v) is 14.8. The monoisotopic (exact) mass is 337 g/mol. The minimum Gasteiger partial charge on any atom is -0.338 e. The molecule has 0 saturated carbocycles. The van der Waals surface area contributed by atoms with E-state index in [2.05, 4.69) is 31.2 Å². The van der Waals surface area contributed by atoms with Crippen LogP contribution in [0.5, 0.6) is 0 Å². The highest BCUT2D eigenvalue weighted by atomic mass is 32.2. The van der Waals surface area contributed by atoms with Crippen molar-refractivity contribution in [1.82, 2.24) is 4.90 Å². The van der Waals surface area contributed by atoms with E-state index in [9.17, 15) is 4.79 Å². The van der Waals surface area contributed by atoms with Gasteiger partial charge in [-0.3, -0.25) is 4.79 Å². The van der Waals surface area contributed by atoms with Crippen molar-refractivity contribution in [3.63, 3.8) is 0 Å². The van der Waals surface area contributed by atoms with Gasteiger partial charge in [0.1, 0.15) is 0 Å². The van der Waals surface area contributed by atoms with Crippen molar-refractivity contribution in [2.24, 2.45) is 0 Å². The molecule has 0 aromatic heterocycles. The topological polar surface area (TPSA) is 20.3 Å². The summed E-state index contributed by atoms with van der Waals surface area (Å²) >= 11 is 1.97. The molecule has 1 amide bonds. The zero-order valence-electron chi connectivity index (χ0n) is 14.0. The van der Waals surface area contributed by atoms with Gasteiger partial charge < -0.3 is 4.90 Å². The Hall–Kier alpha value is -2.00. The number of nitrogens with zero attached hydrogens (tertiary/aromatic N) is 1. The number of hydrogen-bond donors (Lipinski definition) is 0. The average Bonchev–Trinajstić information content (AvgIpc) is 2.87. The molecule has 2 aromatic rings. The quantitative estimate of drug-likeness (QED) is 0.756. The van der Waals surface area contributed by atoms with Gasteiger partial charge in [0.15, 0.2) is 0 Å². The lowest BCUT2D eigenvalue weighted by molar-refractivity contribution is -0.125. The Labute approximate surface area is 148 Å². The van der Waals surface area contributed by atoms with Gasteiger partial charge in [-0.25, -0.2) is 0 Å². The lowest BCUT2D eigenvalue weighted by atomic mass is 10.0. The Bertz CT molecular complexity index is 711. The number of amides is 1. The molecule has 3 rings (SSSR count). The lowest BCUT2D eigenvalue weighted by Gasteiger charge is -2.19. The summed E-state index contributed by atoms with van der Waals surface area (Å²) in [5, 5.41) is 0.488. The molecule has 1 aliphatic heterocycles. The van der Waals surface area contributed by atoms with Crippen LogP contribution in [-0.2, 0) is 4.79 Å². The van der Waals surface area contributed by atoms with E-state index < -0.39 is 0 Å². The number of aryl methyl sites for hydroxylation is 1. The first-order valence-electron chi connectivity index (χ1n) is 8.43. The maximum Gasteiger partial charge on any atom is 0.246 e. The third-order valence-corrected chi connectivity index (χ3v) is 5.72. The molecule has 0 bridgehead atoms. The molecule has 1 aliphatic rings. The molecule has 1 saturated heterocycles. The third kappa shape index (κ3) is 4.30. The van der Waals surface area contributed by atoms with Crippen LogP contribution >= 0.6 is 11.8 Å². The third-order valence-electron chi connectivity index (χ3n) is 4.41. The number of rotatable bonds is 3. The summed E-state index contributed by atoms with van der Waals surface area (Å²) in [4.78, 5) is 14.4. The predicted molar refractivity (Wildman–Crippen MR) is 103 cm³/mol. The standard InChI is InChI=1S/C21H23NOS/c1-17-7-5-6-10-19(17)20-13-14-22(15-16-24-20)21(23)12-11-18-8-3-2-4-9-18/h2-12,20H,13-16H2,1H3/b12-11+. The second kappa shape index (κ2) is 8.20. The first kappa shape index (κ1) is 16.8. The van der Waals surface area contributed by atoms with Crippen LogP contribution < -0.4 is 0 Å². The smallest absolute Gasteiger partial charge is 0.246 e. The van der Waals surface area contributed by atoms with E-state index in [0.717, 1.165) is 30.8 Å². The average molecular weight is 337 g/mol. The summed E-state index contributed by atoms with van der Waals surface area (Å²) in [7, 11) is 0. The first-order chi connectivity index (χ1) is 11.7. The Balaban J connectivity index is 1.62. The van der Waals surface area contributed by atoms with E-state index in [-0.39, 0.29) is 5.91 Å². The zero-order chi connectivity index (χ0) is 16.8. The molecule has 124 valence electrons. The van der Waals surface area contributed by atoms with Crippen LogP contribution in [0.3, 0.4) is 0 Å². The van der Waals surface area contributed by atoms with Crippen LogP contribution in [0, 0.1) is 6.92 Å². The van der Waals surface area contributed by atoms with Gasteiger partial charge in [-0.2, -0.15) is 11.8 Å². The summed E-state index contributed by atoms with van der Waals surface area (Å²) in [6.45, 7) is 3.82. The minimum atomic E-state index is 0.116. The van der Waals surface area contributed by atoms with Crippen molar-refractivity contribution in [2.75, 3.05) is 18.8 Å². The van der Waals surface area contributed by atoms with Gasteiger partial charge in [0.25, 0.3) is 0 Å². The van der Waals surface area contributed by atoms with Gasteiger partial charge in [0.2, 0.25) is 5.91 Å². The molecule has 2 nitrogen and oxygen atoms in total. The van der Waals surface area contributed by atoms with Gasteiger partial charge in [0.05, 0.1) is 0 Å². The lowest BCUT2D eigenvalue weighted by Crippen LogP contribution is -2.31. The van der Waals surface area contributed by atoms with Gasteiger partial charge in [-0.15, -0.1) is 0 Å². The molecule has 0 aliphatic carbocycles. The number of carbonyl (C=O) groups is 1. The van der Waals surface area contributed by atoms with Crippen molar-refractivity contribution in [3.8, 4) is 0 Å².